The number of anilines is 1. The van der Waals surface area contributed by atoms with E-state index in [4.69, 9.17) is 5.73 Å². The summed E-state index contributed by atoms with van der Waals surface area (Å²) in [5.41, 5.74) is 7.24. The van der Waals surface area contributed by atoms with Crippen LogP contribution in [0.3, 0.4) is 0 Å². The van der Waals surface area contributed by atoms with Gasteiger partial charge in [-0.2, -0.15) is 0 Å². The Kier molecular flexibility index (Phi) is 3.15. The molecule has 88 valence electrons. The largest absolute Gasteiger partial charge is 0.372 e. The van der Waals surface area contributed by atoms with Crippen LogP contribution in [0.4, 0.5) is 10.1 Å². The van der Waals surface area contributed by atoms with Crippen molar-refractivity contribution in [3.8, 4) is 0 Å². The fourth-order valence-corrected chi connectivity index (χ4v) is 1.90. The molecule has 3 heteroatoms. The Labute approximate surface area is 96.2 Å². The molecule has 1 unspecified atom stereocenters. The van der Waals surface area contributed by atoms with Gasteiger partial charge in [0.2, 0.25) is 0 Å². The van der Waals surface area contributed by atoms with Gasteiger partial charge in [-0.3, -0.25) is 0 Å². The number of nitrogens with zero attached hydrogens (tertiary/aromatic N) is 1. The van der Waals surface area contributed by atoms with Crippen molar-refractivity contribution >= 4 is 5.69 Å². The van der Waals surface area contributed by atoms with E-state index < -0.39 is 0 Å². The van der Waals surface area contributed by atoms with E-state index in [0.29, 0.717) is 5.69 Å². The molecule has 1 aliphatic carbocycles. The minimum Gasteiger partial charge on any atom is -0.372 e. The number of nitrogens with two attached hydrogens (primary N) is 1. The average Bonchev–Trinajstić information content (AvgIpc) is 3.01. The van der Waals surface area contributed by atoms with E-state index in [0.717, 1.165) is 18.0 Å². The summed E-state index contributed by atoms with van der Waals surface area (Å²) in [6.07, 6.45) is 2.56. The van der Waals surface area contributed by atoms with E-state index in [2.05, 4.69) is 0 Å². The lowest BCUT2D eigenvalue weighted by Gasteiger charge is -2.20. The zero-order chi connectivity index (χ0) is 11.7. The van der Waals surface area contributed by atoms with Gasteiger partial charge in [0.15, 0.2) is 0 Å². The molecule has 1 aromatic carbocycles. The summed E-state index contributed by atoms with van der Waals surface area (Å²) in [4.78, 5) is 2.00. The van der Waals surface area contributed by atoms with Gasteiger partial charge in [-0.1, -0.05) is 6.07 Å². The molecule has 1 saturated carbocycles. The van der Waals surface area contributed by atoms with Crippen molar-refractivity contribution in [3.05, 3.63) is 29.6 Å². The molecular weight excluding hydrogens is 203 g/mol. The third-order valence-corrected chi connectivity index (χ3v) is 3.14. The molecule has 0 aromatic heterocycles. The fraction of sp³-hybridized carbons (Fsp3) is 0.538. The highest BCUT2D eigenvalue weighted by Crippen LogP contribution is 2.31. The highest BCUT2D eigenvalue weighted by atomic mass is 19.1. The normalized spacial score (nSPS) is 17.2. The van der Waals surface area contributed by atoms with Crippen LogP contribution in [0.5, 0.6) is 0 Å². The molecule has 0 amide bonds. The second kappa shape index (κ2) is 4.42. The van der Waals surface area contributed by atoms with Crippen LogP contribution in [0.15, 0.2) is 18.2 Å². The fourth-order valence-electron chi connectivity index (χ4n) is 1.90. The van der Waals surface area contributed by atoms with Gasteiger partial charge in [-0.05, 0) is 43.4 Å². The zero-order valence-corrected chi connectivity index (χ0v) is 9.91. The molecule has 1 atom stereocenters. The number of halogens is 1. The standard InChI is InChI=1S/C13H19FN2/c1-9(15)11-5-6-13(12(14)7-11)16(2)8-10-3-4-10/h5-7,9-10H,3-4,8,15H2,1-2H3. The Morgan fingerprint density at radius 3 is 2.69 bits per heavy atom. The van der Waals surface area contributed by atoms with Crippen molar-refractivity contribution in [3.63, 3.8) is 0 Å². The minimum absolute atomic E-state index is 0.114. The monoisotopic (exact) mass is 222 g/mol. The van der Waals surface area contributed by atoms with E-state index >= 15 is 0 Å². The zero-order valence-electron chi connectivity index (χ0n) is 9.91. The third-order valence-electron chi connectivity index (χ3n) is 3.14. The molecule has 0 heterocycles. The van der Waals surface area contributed by atoms with Crippen molar-refractivity contribution in [1.82, 2.24) is 0 Å². The molecule has 0 spiro atoms. The van der Waals surface area contributed by atoms with Crippen LogP contribution in [-0.2, 0) is 0 Å². The summed E-state index contributed by atoms with van der Waals surface area (Å²) in [6.45, 7) is 2.82. The lowest BCUT2D eigenvalue weighted by atomic mass is 10.1. The van der Waals surface area contributed by atoms with Crippen molar-refractivity contribution in [2.45, 2.75) is 25.8 Å². The van der Waals surface area contributed by atoms with E-state index in [1.54, 1.807) is 6.07 Å². The van der Waals surface area contributed by atoms with Gasteiger partial charge in [0.25, 0.3) is 0 Å². The highest BCUT2D eigenvalue weighted by Gasteiger charge is 2.23. The smallest absolute Gasteiger partial charge is 0.146 e. The Morgan fingerprint density at radius 2 is 2.19 bits per heavy atom. The van der Waals surface area contributed by atoms with Gasteiger partial charge in [-0.25, -0.2) is 4.39 Å². The van der Waals surface area contributed by atoms with Crippen LogP contribution in [0.25, 0.3) is 0 Å². The highest BCUT2D eigenvalue weighted by molar-refractivity contribution is 5.49. The van der Waals surface area contributed by atoms with E-state index in [-0.39, 0.29) is 11.9 Å². The summed E-state index contributed by atoms with van der Waals surface area (Å²) in [5, 5.41) is 0. The van der Waals surface area contributed by atoms with Crippen molar-refractivity contribution in [2.75, 3.05) is 18.5 Å². The predicted molar refractivity (Wildman–Crippen MR) is 65.0 cm³/mol. The summed E-state index contributed by atoms with van der Waals surface area (Å²) >= 11 is 0. The SMILES string of the molecule is CC(N)c1ccc(N(C)CC2CC2)c(F)c1. The minimum atomic E-state index is -0.169. The predicted octanol–water partition coefficient (Wildman–Crippen LogP) is 2.69. The number of rotatable bonds is 4. The Bertz CT molecular complexity index is 372. The van der Waals surface area contributed by atoms with Gasteiger partial charge < -0.3 is 10.6 Å². The maximum atomic E-state index is 13.8. The van der Waals surface area contributed by atoms with Crippen LogP contribution in [0.1, 0.15) is 31.4 Å². The van der Waals surface area contributed by atoms with E-state index in [1.165, 1.54) is 12.8 Å². The first-order valence-electron chi connectivity index (χ1n) is 5.84. The molecular formula is C13H19FN2. The van der Waals surface area contributed by atoms with Crippen molar-refractivity contribution in [1.29, 1.82) is 0 Å². The van der Waals surface area contributed by atoms with Crippen LogP contribution in [0.2, 0.25) is 0 Å². The lowest BCUT2D eigenvalue weighted by molar-refractivity contribution is 0.614. The van der Waals surface area contributed by atoms with Crippen molar-refractivity contribution in [2.24, 2.45) is 11.7 Å². The molecule has 0 aliphatic heterocycles. The molecule has 0 saturated heterocycles. The molecule has 1 aromatic rings. The Hall–Kier alpha value is -1.09. The Balaban J connectivity index is 2.14. The summed E-state index contributed by atoms with van der Waals surface area (Å²) < 4.78 is 13.8. The number of hydrogen-bond acceptors (Lipinski definition) is 2. The second-order valence-corrected chi connectivity index (χ2v) is 4.82. The first kappa shape index (κ1) is 11.4. The summed E-state index contributed by atoms with van der Waals surface area (Å²) in [7, 11) is 1.95. The molecule has 0 radical (unpaired) electrons. The van der Waals surface area contributed by atoms with E-state index in [1.807, 2.05) is 31.0 Å². The topological polar surface area (TPSA) is 29.3 Å². The molecule has 0 bridgehead atoms. The molecule has 1 fully saturated rings. The van der Waals surface area contributed by atoms with Crippen LogP contribution in [-0.4, -0.2) is 13.6 Å². The van der Waals surface area contributed by atoms with Gasteiger partial charge in [0.05, 0.1) is 5.69 Å². The molecule has 16 heavy (non-hydrogen) atoms. The molecule has 2 rings (SSSR count). The Morgan fingerprint density at radius 1 is 1.50 bits per heavy atom. The number of hydrogen-bond donors (Lipinski definition) is 1. The van der Waals surface area contributed by atoms with Gasteiger partial charge >= 0.3 is 0 Å². The summed E-state index contributed by atoms with van der Waals surface area (Å²) in [5.74, 6) is 0.593. The number of benzene rings is 1. The molecule has 2 nitrogen and oxygen atoms in total. The van der Waals surface area contributed by atoms with Crippen LogP contribution >= 0.6 is 0 Å². The van der Waals surface area contributed by atoms with Crippen molar-refractivity contribution < 1.29 is 4.39 Å². The lowest BCUT2D eigenvalue weighted by Crippen LogP contribution is -2.21. The summed E-state index contributed by atoms with van der Waals surface area (Å²) in [6, 6.07) is 5.17. The molecule has 1 aliphatic rings. The van der Waals surface area contributed by atoms with Gasteiger partial charge in [0, 0.05) is 19.6 Å². The maximum absolute atomic E-state index is 13.8. The first-order chi connectivity index (χ1) is 7.58. The van der Waals surface area contributed by atoms with Crippen LogP contribution < -0.4 is 10.6 Å². The molecule has 2 N–H and O–H groups in total. The third kappa shape index (κ3) is 2.53. The quantitative estimate of drug-likeness (QED) is 0.848. The van der Waals surface area contributed by atoms with Crippen LogP contribution in [0, 0.1) is 11.7 Å². The maximum Gasteiger partial charge on any atom is 0.146 e. The van der Waals surface area contributed by atoms with Gasteiger partial charge in [0.1, 0.15) is 5.82 Å². The van der Waals surface area contributed by atoms with Gasteiger partial charge in [-0.15, -0.1) is 0 Å². The second-order valence-electron chi connectivity index (χ2n) is 4.82. The van der Waals surface area contributed by atoms with E-state index in [9.17, 15) is 4.39 Å². The first-order valence-corrected chi connectivity index (χ1v) is 5.84. The average molecular weight is 222 g/mol.